The van der Waals surface area contributed by atoms with Crippen molar-refractivity contribution in [3.8, 4) is 34.5 Å². The van der Waals surface area contributed by atoms with Crippen molar-refractivity contribution in [3.05, 3.63) is 173 Å². The highest BCUT2D eigenvalue weighted by Gasteiger charge is 2.42. The van der Waals surface area contributed by atoms with Gasteiger partial charge < -0.3 is 48.8 Å². The smallest absolute Gasteiger partial charge is 0.344 e. The van der Waals surface area contributed by atoms with Crippen LogP contribution in [0.3, 0.4) is 0 Å². The van der Waals surface area contributed by atoms with Crippen molar-refractivity contribution in [1.29, 1.82) is 0 Å². The quantitative estimate of drug-likeness (QED) is 0.0284. The van der Waals surface area contributed by atoms with Gasteiger partial charge in [-0.15, -0.1) is 0 Å². The van der Waals surface area contributed by atoms with Crippen LogP contribution in [0.15, 0.2) is 72.8 Å². The van der Waals surface area contributed by atoms with Crippen LogP contribution in [-0.4, -0.2) is 81.9 Å². The van der Waals surface area contributed by atoms with Crippen LogP contribution in [-0.2, 0) is 43.5 Å². The molecule has 6 aromatic rings. The van der Waals surface area contributed by atoms with Crippen LogP contribution in [0.4, 0.5) is 0 Å². The van der Waals surface area contributed by atoms with E-state index < -0.39 is 78.8 Å². The Morgan fingerprint density at radius 2 is 0.720 bits per heavy atom. The third-order valence-electron chi connectivity index (χ3n) is 20.5. The molecule has 3 saturated carbocycles. The van der Waals surface area contributed by atoms with Gasteiger partial charge in [0.25, 0.3) is 0 Å². The summed E-state index contributed by atoms with van der Waals surface area (Å²) in [5.41, 5.74) is 12.3. The third-order valence-corrected chi connectivity index (χ3v) is 20.5. The number of aromatic hydroxyl groups is 4. The molecule has 0 heterocycles. The van der Waals surface area contributed by atoms with E-state index in [2.05, 4.69) is 31.2 Å². The molecular formula is C79H98O14. The molecule has 0 amide bonds. The van der Waals surface area contributed by atoms with Crippen LogP contribution in [0.25, 0.3) is 0 Å². The highest BCUT2D eigenvalue weighted by molar-refractivity contribution is 5.78. The largest absolute Gasteiger partial charge is 0.508 e. The zero-order valence-electron chi connectivity index (χ0n) is 57.2. The Morgan fingerprint density at radius 3 is 1.03 bits per heavy atom. The number of phenolic OH excluding ortho intramolecular Hbond substituents is 4. The standard InChI is InChI=1S/C79H98O14/c1-14-21-56-22-28-79(29-23-56,57-30-54(10)75(90-42-69(84)88-44-71(86)92-77(12)24-17-15-18-25-77)63(40-57)73(59-32-50(6)65(80)36-46(59)2)60-33-51(7)66(81)37-47(60)3)58-31-55(11)76(91-43-70(85)89-45-72(87)93-78(13)26-19-16-20-27-78)64(41-58)74(61-34-52(8)67(82)38-48(61)4)62-35-53(9)68(83)39-49(62)5/h30-41,56,73-74,80-83H,14-29,42-45H2,1-13H3. The SMILES string of the molecule is CCCC1CCC(c2cc(C)c(OCC(=O)OCC(=O)OC3(C)CCCCC3)c(C(c3cc(C)c(O)cc3C)c3cc(C)c(O)cc3C)c2)(c2cc(C)c(OCC(=O)OCC(=O)OC3(C)CCCCC3)c(C(c3cc(C)c(O)cc3C)c3cc(C)c(O)cc3C)c2)CC1. The number of ether oxygens (including phenoxy) is 6. The monoisotopic (exact) mass is 1270 g/mol. The number of esters is 4. The fourth-order valence-corrected chi connectivity index (χ4v) is 15.2. The molecule has 4 N–H and O–H groups in total. The van der Waals surface area contributed by atoms with Crippen LogP contribution in [0, 0.1) is 75.2 Å². The maximum absolute atomic E-state index is 13.9. The molecule has 0 bridgehead atoms. The van der Waals surface area contributed by atoms with Crippen molar-refractivity contribution in [2.45, 2.75) is 221 Å². The molecule has 14 nitrogen and oxygen atoms in total. The van der Waals surface area contributed by atoms with Crippen LogP contribution in [0.1, 0.15) is 235 Å². The number of hydrogen-bond donors (Lipinski definition) is 4. The van der Waals surface area contributed by atoms with Gasteiger partial charge in [-0.2, -0.15) is 0 Å². The van der Waals surface area contributed by atoms with Gasteiger partial charge in [0, 0.05) is 28.4 Å². The molecular weight excluding hydrogens is 1170 g/mol. The summed E-state index contributed by atoms with van der Waals surface area (Å²) >= 11 is 0. The van der Waals surface area contributed by atoms with Gasteiger partial charge in [0.2, 0.25) is 0 Å². The fraction of sp³-hybridized carbons (Fsp3) is 0.494. The normalized spacial score (nSPS) is 16.2. The molecule has 9 rings (SSSR count). The van der Waals surface area contributed by atoms with E-state index in [1.165, 1.54) is 0 Å². The first kappa shape index (κ1) is 69.3. The zero-order chi connectivity index (χ0) is 67.3. The number of rotatable bonds is 22. The van der Waals surface area contributed by atoms with E-state index in [0.717, 1.165) is 181 Å². The van der Waals surface area contributed by atoms with E-state index in [0.29, 0.717) is 39.7 Å². The number of aryl methyl sites for hydroxylation is 10. The lowest BCUT2D eigenvalue weighted by Gasteiger charge is -2.43. The molecule has 93 heavy (non-hydrogen) atoms. The zero-order valence-corrected chi connectivity index (χ0v) is 57.2. The minimum atomic E-state index is -0.747. The first-order valence-electron chi connectivity index (χ1n) is 33.6. The molecule has 0 unspecified atom stereocenters. The molecule has 3 fully saturated rings. The Labute approximate surface area is 550 Å². The second-order valence-corrected chi connectivity index (χ2v) is 28.0. The second-order valence-electron chi connectivity index (χ2n) is 28.0. The van der Waals surface area contributed by atoms with E-state index >= 15 is 0 Å². The summed E-state index contributed by atoms with van der Waals surface area (Å²) in [6.45, 7) is 23.2. The summed E-state index contributed by atoms with van der Waals surface area (Å²) in [5, 5.41) is 44.9. The lowest BCUT2D eigenvalue weighted by Crippen LogP contribution is -2.35. The molecule has 0 atom stereocenters. The predicted octanol–water partition coefficient (Wildman–Crippen LogP) is 16.6. The van der Waals surface area contributed by atoms with E-state index in [1.54, 1.807) is 24.3 Å². The molecule has 3 aliphatic rings. The molecule has 14 heteroatoms. The van der Waals surface area contributed by atoms with Gasteiger partial charge in [-0.1, -0.05) is 81.1 Å². The van der Waals surface area contributed by atoms with Crippen LogP contribution < -0.4 is 9.47 Å². The molecule has 0 saturated heterocycles. The number of carbonyl (C=O) groups is 4. The molecule has 3 aliphatic carbocycles. The topological polar surface area (TPSA) is 205 Å². The van der Waals surface area contributed by atoms with E-state index in [1.807, 2.05) is 107 Å². The fourth-order valence-electron chi connectivity index (χ4n) is 15.2. The molecule has 498 valence electrons. The molecule has 0 aliphatic heterocycles. The van der Waals surface area contributed by atoms with Crippen LogP contribution >= 0.6 is 0 Å². The van der Waals surface area contributed by atoms with Gasteiger partial charge in [0.05, 0.1) is 0 Å². The van der Waals surface area contributed by atoms with Gasteiger partial charge in [0.15, 0.2) is 26.4 Å². The van der Waals surface area contributed by atoms with Gasteiger partial charge in [-0.25, -0.2) is 19.2 Å². The maximum atomic E-state index is 13.9. The van der Waals surface area contributed by atoms with E-state index in [9.17, 15) is 39.6 Å². The van der Waals surface area contributed by atoms with Crippen molar-refractivity contribution in [1.82, 2.24) is 0 Å². The first-order chi connectivity index (χ1) is 44.1. The molecule has 0 aromatic heterocycles. The second kappa shape index (κ2) is 29.1. The predicted molar refractivity (Wildman–Crippen MR) is 360 cm³/mol. The van der Waals surface area contributed by atoms with Crippen molar-refractivity contribution in [2.75, 3.05) is 26.4 Å². The van der Waals surface area contributed by atoms with Gasteiger partial charge in [-0.3, -0.25) is 0 Å². The molecule has 0 spiro atoms. The van der Waals surface area contributed by atoms with E-state index in [4.69, 9.17) is 28.4 Å². The van der Waals surface area contributed by atoms with Crippen molar-refractivity contribution >= 4 is 23.9 Å². The highest BCUT2D eigenvalue weighted by Crippen LogP contribution is 2.54. The number of carbonyl (C=O) groups excluding carboxylic acids is 4. The van der Waals surface area contributed by atoms with Gasteiger partial charge >= 0.3 is 23.9 Å². The number of benzene rings is 6. The Bertz CT molecular complexity index is 3410. The van der Waals surface area contributed by atoms with E-state index in [-0.39, 0.29) is 23.0 Å². The summed E-state index contributed by atoms with van der Waals surface area (Å²) in [6, 6.07) is 23.8. The highest BCUT2D eigenvalue weighted by atomic mass is 16.6. The van der Waals surface area contributed by atoms with Gasteiger partial charge in [0.1, 0.15) is 45.7 Å². The van der Waals surface area contributed by atoms with Crippen LogP contribution in [0.2, 0.25) is 0 Å². The number of hydrogen-bond acceptors (Lipinski definition) is 14. The van der Waals surface area contributed by atoms with Gasteiger partial charge in [-0.05, 0) is 279 Å². The maximum Gasteiger partial charge on any atom is 0.344 e. The Balaban J connectivity index is 1.24. The molecule has 6 aromatic carbocycles. The summed E-state index contributed by atoms with van der Waals surface area (Å²) in [5.74, 6) is -2.02. The minimum absolute atomic E-state index is 0.143. The third kappa shape index (κ3) is 15.8. The average Bonchev–Trinajstić information content (AvgIpc) is 0.738. The lowest BCUT2D eigenvalue weighted by atomic mass is 9.61. The minimum Gasteiger partial charge on any atom is -0.508 e. The Kier molecular flexibility index (Phi) is 21.7. The molecule has 0 radical (unpaired) electrons. The Morgan fingerprint density at radius 1 is 0.398 bits per heavy atom. The summed E-state index contributed by atoms with van der Waals surface area (Å²) < 4.78 is 36.5. The van der Waals surface area contributed by atoms with Crippen molar-refractivity contribution in [2.24, 2.45) is 5.92 Å². The summed E-state index contributed by atoms with van der Waals surface area (Å²) in [7, 11) is 0. The van der Waals surface area contributed by atoms with Crippen molar-refractivity contribution in [3.63, 3.8) is 0 Å². The van der Waals surface area contributed by atoms with Crippen molar-refractivity contribution < 1.29 is 68.0 Å². The summed E-state index contributed by atoms with van der Waals surface area (Å²) in [4.78, 5) is 54.3. The van der Waals surface area contributed by atoms with Crippen LogP contribution in [0.5, 0.6) is 34.5 Å². The first-order valence-corrected chi connectivity index (χ1v) is 33.6. The Hall–Kier alpha value is -8.00. The number of phenols is 4. The average molecular weight is 1270 g/mol. The summed E-state index contributed by atoms with van der Waals surface area (Å²) in [6.07, 6.45) is 14.3. The lowest BCUT2D eigenvalue weighted by molar-refractivity contribution is -0.172.